The minimum absolute atomic E-state index is 0. The van der Waals surface area contributed by atoms with E-state index in [2.05, 4.69) is 25.3 Å². The van der Waals surface area contributed by atoms with Gasteiger partial charge in [0.1, 0.15) is 0 Å². The lowest BCUT2D eigenvalue weighted by molar-refractivity contribution is -0.384. The summed E-state index contributed by atoms with van der Waals surface area (Å²) in [4.78, 5) is 16.4. The summed E-state index contributed by atoms with van der Waals surface area (Å²) < 4.78 is 2.14. The van der Waals surface area contributed by atoms with Crippen LogP contribution in [0.4, 0.5) is 11.4 Å². The van der Waals surface area contributed by atoms with Gasteiger partial charge in [-0.2, -0.15) is 0 Å². The summed E-state index contributed by atoms with van der Waals surface area (Å²) in [5, 5.41) is 13.1. The second kappa shape index (κ2) is 8.19. The highest BCUT2D eigenvalue weighted by Gasteiger charge is 2.21. The number of nitro benzene ring substituents is 1. The molecule has 0 N–H and O–H groups in total. The molecule has 0 aliphatic rings. The molecule has 7 heteroatoms. The SMILES string of the molecule is Cc1ccc(N=c2scc(-c3cccc([N+](=O)[O-])c3)n2C(C)(C)C)cc1.[Br-]. The summed E-state index contributed by atoms with van der Waals surface area (Å²) in [5.41, 5.74) is 3.69. The molecule has 0 aliphatic carbocycles. The summed E-state index contributed by atoms with van der Waals surface area (Å²) >= 11 is 1.54. The highest BCUT2D eigenvalue weighted by molar-refractivity contribution is 7.07. The largest absolute Gasteiger partial charge is 1.00 e. The molecule has 1 aromatic heterocycles. The molecule has 3 rings (SSSR count). The number of hydrogen-bond acceptors (Lipinski definition) is 4. The molecular formula is C20H21BrN3O2S-. The van der Waals surface area contributed by atoms with E-state index in [1.165, 1.54) is 23.0 Å². The number of thiazole rings is 1. The van der Waals surface area contributed by atoms with Gasteiger partial charge in [0.2, 0.25) is 0 Å². The topological polar surface area (TPSA) is 60.4 Å². The van der Waals surface area contributed by atoms with Crippen LogP contribution in [0, 0.1) is 17.0 Å². The monoisotopic (exact) mass is 446 g/mol. The van der Waals surface area contributed by atoms with Crippen molar-refractivity contribution >= 4 is 22.7 Å². The lowest BCUT2D eigenvalue weighted by Gasteiger charge is -2.24. The average molecular weight is 447 g/mol. The minimum atomic E-state index is -0.366. The van der Waals surface area contributed by atoms with Crippen molar-refractivity contribution in [2.45, 2.75) is 33.2 Å². The third kappa shape index (κ3) is 4.73. The van der Waals surface area contributed by atoms with Crippen LogP contribution in [0.25, 0.3) is 11.3 Å². The Balaban J connectivity index is 0.00000261. The molecule has 0 spiro atoms. The van der Waals surface area contributed by atoms with Gasteiger partial charge in [0.05, 0.1) is 16.3 Å². The van der Waals surface area contributed by atoms with Crippen molar-refractivity contribution in [1.29, 1.82) is 0 Å². The molecular weight excluding hydrogens is 426 g/mol. The van der Waals surface area contributed by atoms with Crippen LogP contribution in [-0.4, -0.2) is 9.49 Å². The molecule has 5 nitrogen and oxygen atoms in total. The molecule has 0 aliphatic heterocycles. The molecule has 0 saturated carbocycles. The maximum absolute atomic E-state index is 11.1. The van der Waals surface area contributed by atoms with Crippen LogP contribution in [0.2, 0.25) is 0 Å². The standard InChI is InChI=1S/C20H21N3O2S.BrH/c1-14-8-10-16(11-9-14)21-19-22(20(2,3)4)18(13-26-19)15-6-5-7-17(12-15)23(24)25;/h5-13H,1-4H3;1H/p-1. The van der Waals surface area contributed by atoms with E-state index in [1.54, 1.807) is 12.1 Å². The highest BCUT2D eigenvalue weighted by atomic mass is 79.9. The van der Waals surface area contributed by atoms with Crippen LogP contribution in [0.5, 0.6) is 0 Å². The zero-order valence-electron chi connectivity index (χ0n) is 15.6. The van der Waals surface area contributed by atoms with Gasteiger partial charge in [0.15, 0.2) is 4.80 Å². The van der Waals surface area contributed by atoms with Gasteiger partial charge in [-0.25, -0.2) is 4.99 Å². The molecule has 0 fully saturated rings. The number of aryl methyl sites for hydroxylation is 1. The van der Waals surface area contributed by atoms with Crippen LogP contribution in [0.15, 0.2) is 58.9 Å². The van der Waals surface area contributed by atoms with E-state index >= 15 is 0 Å². The fraction of sp³-hybridized carbons (Fsp3) is 0.250. The molecule has 0 unspecified atom stereocenters. The first-order valence-electron chi connectivity index (χ1n) is 8.33. The maximum Gasteiger partial charge on any atom is 0.270 e. The van der Waals surface area contributed by atoms with E-state index in [0.717, 1.165) is 21.7 Å². The Hall–Kier alpha value is -2.25. The van der Waals surface area contributed by atoms with Crippen molar-refractivity contribution in [2.75, 3.05) is 0 Å². The van der Waals surface area contributed by atoms with Gasteiger partial charge in [-0.15, -0.1) is 11.3 Å². The quantitative estimate of drug-likeness (QED) is 0.458. The number of hydrogen-bond donors (Lipinski definition) is 0. The number of halogens is 1. The molecule has 0 amide bonds. The van der Waals surface area contributed by atoms with Crippen molar-refractivity contribution in [3.8, 4) is 11.3 Å². The Morgan fingerprint density at radius 3 is 2.37 bits per heavy atom. The molecule has 0 atom stereocenters. The van der Waals surface area contributed by atoms with E-state index < -0.39 is 0 Å². The Bertz CT molecular complexity index is 1010. The predicted molar refractivity (Wildman–Crippen MR) is 106 cm³/mol. The number of nitrogens with zero attached hydrogens (tertiary/aromatic N) is 3. The summed E-state index contributed by atoms with van der Waals surface area (Å²) in [6.45, 7) is 8.36. The van der Waals surface area contributed by atoms with Crippen molar-refractivity contribution in [2.24, 2.45) is 4.99 Å². The molecule has 3 aromatic rings. The summed E-state index contributed by atoms with van der Waals surface area (Å²) in [7, 11) is 0. The van der Waals surface area contributed by atoms with Gasteiger partial charge < -0.3 is 21.5 Å². The van der Waals surface area contributed by atoms with Crippen LogP contribution >= 0.6 is 11.3 Å². The molecule has 27 heavy (non-hydrogen) atoms. The van der Waals surface area contributed by atoms with Gasteiger partial charge in [0, 0.05) is 28.6 Å². The van der Waals surface area contributed by atoms with Crippen LogP contribution < -0.4 is 21.8 Å². The Morgan fingerprint density at radius 2 is 1.78 bits per heavy atom. The van der Waals surface area contributed by atoms with Crippen LogP contribution in [-0.2, 0) is 5.54 Å². The van der Waals surface area contributed by atoms with E-state index in [1.807, 2.05) is 42.6 Å². The van der Waals surface area contributed by atoms with E-state index in [-0.39, 0.29) is 33.1 Å². The fourth-order valence-electron chi connectivity index (χ4n) is 2.75. The fourth-order valence-corrected chi connectivity index (χ4v) is 3.84. The zero-order chi connectivity index (χ0) is 18.9. The summed E-state index contributed by atoms with van der Waals surface area (Å²) in [6, 6.07) is 14.8. The first kappa shape index (κ1) is 21.1. The van der Waals surface area contributed by atoms with E-state index in [4.69, 9.17) is 4.99 Å². The van der Waals surface area contributed by atoms with Gasteiger partial charge >= 0.3 is 0 Å². The van der Waals surface area contributed by atoms with Gasteiger partial charge in [-0.3, -0.25) is 10.1 Å². The van der Waals surface area contributed by atoms with Gasteiger partial charge in [-0.05, 0) is 39.8 Å². The van der Waals surface area contributed by atoms with Crippen molar-refractivity contribution in [1.82, 2.24) is 4.57 Å². The third-order valence-electron chi connectivity index (χ3n) is 3.99. The average Bonchev–Trinajstić information content (AvgIpc) is 3.01. The van der Waals surface area contributed by atoms with Crippen LogP contribution in [0.1, 0.15) is 26.3 Å². The first-order valence-corrected chi connectivity index (χ1v) is 9.21. The Morgan fingerprint density at radius 1 is 1.11 bits per heavy atom. The number of benzene rings is 2. The Labute approximate surface area is 173 Å². The lowest BCUT2D eigenvalue weighted by atomic mass is 10.1. The molecule has 1 heterocycles. The molecule has 0 saturated heterocycles. The van der Waals surface area contributed by atoms with Crippen LogP contribution in [0.3, 0.4) is 0 Å². The second-order valence-electron chi connectivity index (χ2n) is 7.16. The summed E-state index contributed by atoms with van der Waals surface area (Å²) in [5.74, 6) is 0. The Kier molecular flexibility index (Phi) is 6.38. The summed E-state index contributed by atoms with van der Waals surface area (Å²) in [6.07, 6.45) is 0. The number of nitro groups is 1. The van der Waals surface area contributed by atoms with Gasteiger partial charge in [-0.1, -0.05) is 29.8 Å². The van der Waals surface area contributed by atoms with Crippen molar-refractivity contribution in [3.05, 3.63) is 74.4 Å². The maximum atomic E-state index is 11.1. The number of aromatic nitrogens is 1. The highest BCUT2D eigenvalue weighted by Crippen LogP contribution is 2.29. The number of non-ortho nitro benzene ring substituents is 1. The first-order chi connectivity index (χ1) is 12.3. The molecule has 142 valence electrons. The smallest absolute Gasteiger partial charge is 0.270 e. The van der Waals surface area contributed by atoms with Crippen molar-refractivity contribution in [3.63, 3.8) is 0 Å². The molecule has 0 radical (unpaired) electrons. The van der Waals surface area contributed by atoms with E-state index in [0.29, 0.717) is 0 Å². The zero-order valence-corrected chi connectivity index (χ0v) is 18.0. The number of rotatable bonds is 3. The van der Waals surface area contributed by atoms with E-state index in [9.17, 15) is 10.1 Å². The minimum Gasteiger partial charge on any atom is -1.00 e. The third-order valence-corrected chi connectivity index (χ3v) is 4.82. The molecule has 0 bridgehead atoms. The van der Waals surface area contributed by atoms with Crippen molar-refractivity contribution < 1.29 is 21.9 Å². The molecule has 2 aromatic carbocycles. The predicted octanol–water partition coefficient (Wildman–Crippen LogP) is 2.42. The normalized spacial score (nSPS) is 11.9. The lowest BCUT2D eigenvalue weighted by Crippen LogP contribution is -3.00. The van der Waals surface area contributed by atoms with Gasteiger partial charge in [0.25, 0.3) is 5.69 Å². The second-order valence-corrected chi connectivity index (χ2v) is 8.00.